The highest BCUT2D eigenvalue weighted by molar-refractivity contribution is 6.30. The molecular formula is C13H12ClNO. The normalized spacial score (nSPS) is 12.4. The van der Waals surface area contributed by atoms with Crippen molar-refractivity contribution in [1.29, 1.82) is 0 Å². The molecule has 2 nitrogen and oxygen atoms in total. The molecule has 82 valence electrons. The summed E-state index contributed by atoms with van der Waals surface area (Å²) in [5.41, 5.74) is 2.57. The SMILES string of the molecule is Cc1cccc(C(O)c2ccc(Cl)cn2)c1. The molecule has 0 radical (unpaired) electrons. The minimum Gasteiger partial charge on any atom is -0.382 e. The van der Waals surface area contributed by atoms with E-state index in [9.17, 15) is 5.11 Å². The first-order chi connectivity index (χ1) is 7.66. The molecule has 1 N–H and O–H groups in total. The molecule has 0 spiro atoms. The van der Waals surface area contributed by atoms with Gasteiger partial charge in [0, 0.05) is 6.20 Å². The Morgan fingerprint density at radius 1 is 1.25 bits per heavy atom. The number of benzene rings is 1. The molecule has 1 heterocycles. The van der Waals surface area contributed by atoms with Crippen LogP contribution in [0.4, 0.5) is 0 Å². The summed E-state index contributed by atoms with van der Waals surface area (Å²) in [5, 5.41) is 10.7. The van der Waals surface area contributed by atoms with Crippen molar-refractivity contribution in [3.05, 3.63) is 64.4 Å². The Morgan fingerprint density at radius 2 is 2.06 bits per heavy atom. The Bertz CT molecular complexity index is 482. The summed E-state index contributed by atoms with van der Waals surface area (Å²) in [6.45, 7) is 1.99. The standard InChI is InChI=1S/C13H12ClNO/c1-9-3-2-4-10(7-9)13(16)12-6-5-11(14)8-15-12/h2-8,13,16H,1H3. The third-order valence-electron chi connectivity index (χ3n) is 2.39. The van der Waals surface area contributed by atoms with Crippen molar-refractivity contribution in [3.63, 3.8) is 0 Å². The molecule has 3 heteroatoms. The number of aliphatic hydroxyl groups is 1. The highest BCUT2D eigenvalue weighted by Gasteiger charge is 2.11. The maximum Gasteiger partial charge on any atom is 0.121 e. The average molecular weight is 234 g/mol. The number of nitrogens with zero attached hydrogens (tertiary/aromatic N) is 1. The summed E-state index contributed by atoms with van der Waals surface area (Å²) in [6, 6.07) is 11.2. The zero-order chi connectivity index (χ0) is 11.5. The van der Waals surface area contributed by atoms with E-state index in [4.69, 9.17) is 11.6 Å². The lowest BCUT2D eigenvalue weighted by molar-refractivity contribution is 0.215. The number of hydrogen-bond acceptors (Lipinski definition) is 2. The molecule has 0 aliphatic rings. The van der Waals surface area contributed by atoms with Gasteiger partial charge in [0.05, 0.1) is 10.7 Å². The predicted molar refractivity (Wildman–Crippen MR) is 64.5 cm³/mol. The van der Waals surface area contributed by atoms with Crippen molar-refractivity contribution in [1.82, 2.24) is 4.98 Å². The quantitative estimate of drug-likeness (QED) is 0.865. The number of rotatable bonds is 2. The molecule has 1 atom stereocenters. The van der Waals surface area contributed by atoms with Crippen molar-refractivity contribution in [2.45, 2.75) is 13.0 Å². The molecule has 1 aromatic heterocycles. The number of aromatic nitrogens is 1. The highest BCUT2D eigenvalue weighted by Crippen LogP contribution is 2.21. The molecule has 0 bridgehead atoms. The van der Waals surface area contributed by atoms with E-state index < -0.39 is 6.10 Å². The first-order valence-electron chi connectivity index (χ1n) is 5.03. The van der Waals surface area contributed by atoms with Crippen molar-refractivity contribution < 1.29 is 5.11 Å². The summed E-state index contributed by atoms with van der Waals surface area (Å²) in [4.78, 5) is 4.10. The van der Waals surface area contributed by atoms with Crippen LogP contribution in [0, 0.1) is 6.92 Å². The molecule has 0 aliphatic heterocycles. The van der Waals surface area contributed by atoms with Gasteiger partial charge in [-0.25, -0.2) is 0 Å². The lowest BCUT2D eigenvalue weighted by Gasteiger charge is -2.10. The maximum absolute atomic E-state index is 10.1. The molecule has 2 aromatic rings. The monoisotopic (exact) mass is 233 g/mol. The number of halogens is 1. The minimum absolute atomic E-state index is 0.570. The molecule has 0 fully saturated rings. The minimum atomic E-state index is -0.697. The first kappa shape index (κ1) is 11.1. The summed E-state index contributed by atoms with van der Waals surface area (Å²) in [7, 11) is 0. The van der Waals surface area contributed by atoms with E-state index >= 15 is 0 Å². The largest absolute Gasteiger partial charge is 0.382 e. The van der Waals surface area contributed by atoms with Crippen LogP contribution < -0.4 is 0 Å². The first-order valence-corrected chi connectivity index (χ1v) is 5.41. The summed E-state index contributed by atoms with van der Waals surface area (Å²) in [5.74, 6) is 0. The third-order valence-corrected chi connectivity index (χ3v) is 2.61. The van der Waals surface area contributed by atoms with Gasteiger partial charge in [-0.1, -0.05) is 41.4 Å². The predicted octanol–water partition coefficient (Wildman–Crippen LogP) is 3.13. The fraction of sp³-hybridized carbons (Fsp3) is 0.154. The Hall–Kier alpha value is -1.38. The van der Waals surface area contributed by atoms with Gasteiger partial charge in [0.15, 0.2) is 0 Å². The van der Waals surface area contributed by atoms with Crippen LogP contribution in [0.1, 0.15) is 22.9 Å². The van der Waals surface area contributed by atoms with E-state index in [2.05, 4.69) is 4.98 Å². The van der Waals surface area contributed by atoms with Gasteiger partial charge in [-0.2, -0.15) is 0 Å². The van der Waals surface area contributed by atoms with Crippen LogP contribution in [0.25, 0.3) is 0 Å². The summed E-state index contributed by atoms with van der Waals surface area (Å²) < 4.78 is 0. The number of pyridine rings is 1. The van der Waals surface area contributed by atoms with Gasteiger partial charge in [-0.05, 0) is 24.6 Å². The second-order valence-corrected chi connectivity index (χ2v) is 4.15. The number of hydrogen-bond donors (Lipinski definition) is 1. The molecule has 0 amide bonds. The van der Waals surface area contributed by atoms with Gasteiger partial charge in [0.2, 0.25) is 0 Å². The lowest BCUT2D eigenvalue weighted by Crippen LogP contribution is -2.02. The van der Waals surface area contributed by atoms with Crippen molar-refractivity contribution >= 4 is 11.6 Å². The van der Waals surface area contributed by atoms with Gasteiger partial charge in [0.1, 0.15) is 6.10 Å². The van der Waals surface area contributed by atoms with E-state index in [1.807, 2.05) is 31.2 Å². The van der Waals surface area contributed by atoms with E-state index in [1.165, 1.54) is 6.20 Å². The lowest BCUT2D eigenvalue weighted by atomic mass is 10.0. The topological polar surface area (TPSA) is 33.1 Å². The fourth-order valence-electron chi connectivity index (χ4n) is 1.56. The molecule has 0 saturated carbocycles. The molecule has 16 heavy (non-hydrogen) atoms. The zero-order valence-electron chi connectivity index (χ0n) is 8.89. The van der Waals surface area contributed by atoms with E-state index in [1.54, 1.807) is 12.1 Å². The van der Waals surface area contributed by atoms with Gasteiger partial charge >= 0.3 is 0 Å². The Balaban J connectivity index is 2.31. The van der Waals surface area contributed by atoms with Gasteiger partial charge < -0.3 is 5.11 Å². The Kier molecular flexibility index (Phi) is 3.22. The van der Waals surface area contributed by atoms with Crippen LogP contribution in [0.15, 0.2) is 42.6 Å². The van der Waals surface area contributed by atoms with Crippen LogP contribution in [-0.4, -0.2) is 10.1 Å². The van der Waals surface area contributed by atoms with Gasteiger partial charge in [0.25, 0.3) is 0 Å². The highest BCUT2D eigenvalue weighted by atomic mass is 35.5. The van der Waals surface area contributed by atoms with Crippen molar-refractivity contribution in [2.24, 2.45) is 0 Å². The summed E-state index contributed by atoms with van der Waals surface area (Å²) in [6.07, 6.45) is 0.841. The number of aliphatic hydroxyl groups excluding tert-OH is 1. The van der Waals surface area contributed by atoms with Crippen LogP contribution in [-0.2, 0) is 0 Å². The Morgan fingerprint density at radius 3 is 2.69 bits per heavy atom. The van der Waals surface area contributed by atoms with E-state index in [0.717, 1.165) is 11.1 Å². The van der Waals surface area contributed by atoms with Crippen LogP contribution >= 0.6 is 11.6 Å². The van der Waals surface area contributed by atoms with Gasteiger partial charge in [-0.3, -0.25) is 4.98 Å². The molecular weight excluding hydrogens is 222 g/mol. The molecule has 1 aromatic carbocycles. The van der Waals surface area contributed by atoms with Crippen LogP contribution in [0.2, 0.25) is 5.02 Å². The molecule has 2 rings (SSSR count). The number of aryl methyl sites for hydroxylation is 1. The smallest absolute Gasteiger partial charge is 0.121 e. The average Bonchev–Trinajstić information content (AvgIpc) is 2.29. The van der Waals surface area contributed by atoms with E-state index in [-0.39, 0.29) is 0 Å². The second-order valence-electron chi connectivity index (χ2n) is 3.72. The van der Waals surface area contributed by atoms with Crippen molar-refractivity contribution in [3.8, 4) is 0 Å². The fourth-order valence-corrected chi connectivity index (χ4v) is 1.67. The molecule has 0 saturated heterocycles. The zero-order valence-corrected chi connectivity index (χ0v) is 9.65. The third kappa shape index (κ3) is 2.40. The molecule has 0 aliphatic carbocycles. The van der Waals surface area contributed by atoms with Crippen LogP contribution in [0.5, 0.6) is 0 Å². The van der Waals surface area contributed by atoms with E-state index in [0.29, 0.717) is 10.7 Å². The Labute approximate surface area is 99.5 Å². The molecule has 1 unspecified atom stereocenters. The van der Waals surface area contributed by atoms with Gasteiger partial charge in [-0.15, -0.1) is 0 Å². The van der Waals surface area contributed by atoms with Crippen molar-refractivity contribution in [2.75, 3.05) is 0 Å². The summed E-state index contributed by atoms with van der Waals surface area (Å²) >= 11 is 5.74. The second kappa shape index (κ2) is 4.64. The maximum atomic E-state index is 10.1. The van der Waals surface area contributed by atoms with Crippen LogP contribution in [0.3, 0.4) is 0 Å².